The number of ketones is 1. The fraction of sp³-hybridized carbons (Fsp3) is 0.333. The molecule has 0 spiro atoms. The molecule has 2 heteroatoms. The first-order valence-corrected chi connectivity index (χ1v) is 4.63. The van der Waals surface area contributed by atoms with Crippen molar-refractivity contribution in [1.82, 2.24) is 0 Å². The summed E-state index contributed by atoms with van der Waals surface area (Å²) in [6, 6.07) is 9.68. The number of carbonyl (C=O) groups excluding carboxylic acids is 1. The molecule has 1 atom stereocenters. The van der Waals surface area contributed by atoms with Gasteiger partial charge in [0, 0.05) is 5.92 Å². The number of rotatable bonds is 3. The van der Waals surface area contributed by atoms with Gasteiger partial charge in [-0.1, -0.05) is 36.8 Å². The molecule has 0 aliphatic rings. The molecule has 1 aromatic rings. The van der Waals surface area contributed by atoms with Crippen LogP contribution in [0.5, 0.6) is 0 Å². The van der Waals surface area contributed by atoms with Crippen LogP contribution in [0.2, 0.25) is 0 Å². The highest BCUT2D eigenvalue weighted by Gasteiger charge is 2.11. The summed E-state index contributed by atoms with van der Waals surface area (Å²) in [5, 5.41) is 8.43. The maximum Gasteiger partial charge on any atom is 0.235 e. The van der Waals surface area contributed by atoms with Crippen LogP contribution in [0.4, 0.5) is 0 Å². The summed E-state index contributed by atoms with van der Waals surface area (Å²) in [4.78, 5) is 11.0. The number of aryl methyl sites for hydroxylation is 1. The number of benzene rings is 1. The van der Waals surface area contributed by atoms with Crippen LogP contribution in [0, 0.1) is 24.2 Å². The second-order valence-electron chi connectivity index (χ2n) is 3.57. The predicted octanol–water partition coefficient (Wildman–Crippen LogP) is 2.27. The van der Waals surface area contributed by atoms with Crippen molar-refractivity contribution in [2.45, 2.75) is 20.3 Å². The van der Waals surface area contributed by atoms with Crippen molar-refractivity contribution in [2.75, 3.05) is 0 Å². The fourth-order valence-electron chi connectivity index (χ4n) is 1.28. The normalized spacial score (nSPS) is 11.8. The summed E-state index contributed by atoms with van der Waals surface area (Å²) in [5.74, 6) is -0.548. The molecule has 72 valence electrons. The largest absolute Gasteiger partial charge is 0.282 e. The first-order chi connectivity index (χ1) is 6.63. The molecule has 0 radical (unpaired) electrons. The van der Waals surface area contributed by atoms with E-state index in [1.807, 2.05) is 31.2 Å². The predicted molar refractivity (Wildman–Crippen MR) is 54.7 cm³/mol. The second-order valence-corrected chi connectivity index (χ2v) is 3.57. The Morgan fingerprint density at radius 3 is 2.50 bits per heavy atom. The van der Waals surface area contributed by atoms with Crippen LogP contribution in [0.1, 0.15) is 18.1 Å². The topological polar surface area (TPSA) is 40.9 Å². The Hall–Kier alpha value is -1.62. The zero-order chi connectivity index (χ0) is 10.6. The average Bonchev–Trinajstić information content (AvgIpc) is 2.20. The van der Waals surface area contributed by atoms with Gasteiger partial charge in [-0.05, 0) is 18.9 Å². The molecule has 14 heavy (non-hydrogen) atoms. The minimum atomic E-state index is -0.342. The number of Topliss-reactive ketones (excluding diaryl/α,β-unsaturated/α-hetero) is 1. The molecule has 0 amide bonds. The smallest absolute Gasteiger partial charge is 0.235 e. The summed E-state index contributed by atoms with van der Waals surface area (Å²) in [5.41, 5.74) is 2.31. The van der Waals surface area contributed by atoms with Gasteiger partial charge in [-0.2, -0.15) is 5.26 Å². The summed E-state index contributed by atoms with van der Waals surface area (Å²) in [7, 11) is 0. The van der Waals surface area contributed by atoms with Crippen LogP contribution < -0.4 is 0 Å². The summed E-state index contributed by atoms with van der Waals surface area (Å²) in [6.07, 6.45) is 0.646. The minimum Gasteiger partial charge on any atom is -0.282 e. The summed E-state index contributed by atoms with van der Waals surface area (Å²) in [6.45, 7) is 3.80. The highest BCUT2D eigenvalue weighted by Crippen LogP contribution is 2.10. The third-order valence-corrected chi connectivity index (χ3v) is 2.22. The van der Waals surface area contributed by atoms with Gasteiger partial charge in [-0.15, -0.1) is 0 Å². The molecular weight excluding hydrogens is 174 g/mol. The Kier molecular flexibility index (Phi) is 3.41. The van der Waals surface area contributed by atoms with Crippen LogP contribution in [-0.4, -0.2) is 5.78 Å². The van der Waals surface area contributed by atoms with Gasteiger partial charge in [-0.3, -0.25) is 4.79 Å². The van der Waals surface area contributed by atoms with Crippen molar-refractivity contribution in [3.8, 4) is 6.07 Å². The van der Waals surface area contributed by atoms with Crippen molar-refractivity contribution in [1.29, 1.82) is 5.26 Å². The molecule has 1 aromatic carbocycles. The standard InChI is InChI=1S/C12H13NO/c1-9-3-5-11(6-4-9)7-10(2)12(14)8-13/h3-6,10H,7H2,1-2H3. The maximum absolute atomic E-state index is 11.0. The Bertz CT molecular complexity index is 359. The van der Waals surface area contributed by atoms with E-state index in [4.69, 9.17) is 5.26 Å². The van der Waals surface area contributed by atoms with E-state index >= 15 is 0 Å². The number of nitrogens with zero attached hydrogens (tertiary/aromatic N) is 1. The van der Waals surface area contributed by atoms with Gasteiger partial charge in [0.2, 0.25) is 5.78 Å². The minimum absolute atomic E-state index is 0.206. The van der Waals surface area contributed by atoms with Gasteiger partial charge in [0.25, 0.3) is 0 Å². The molecule has 0 bridgehead atoms. The van der Waals surface area contributed by atoms with Crippen LogP contribution >= 0.6 is 0 Å². The SMILES string of the molecule is Cc1ccc(CC(C)C(=O)C#N)cc1. The number of carbonyl (C=O) groups is 1. The molecule has 2 nitrogen and oxygen atoms in total. The maximum atomic E-state index is 11.0. The van der Waals surface area contributed by atoms with Gasteiger partial charge < -0.3 is 0 Å². The van der Waals surface area contributed by atoms with Gasteiger partial charge in [0.05, 0.1) is 0 Å². The van der Waals surface area contributed by atoms with Crippen LogP contribution in [0.15, 0.2) is 24.3 Å². The zero-order valence-corrected chi connectivity index (χ0v) is 8.45. The Morgan fingerprint density at radius 2 is 2.00 bits per heavy atom. The fourth-order valence-corrected chi connectivity index (χ4v) is 1.28. The Labute approximate surface area is 84.2 Å². The molecule has 0 heterocycles. The van der Waals surface area contributed by atoms with E-state index in [9.17, 15) is 4.79 Å². The third kappa shape index (κ3) is 2.70. The van der Waals surface area contributed by atoms with E-state index in [0.29, 0.717) is 6.42 Å². The van der Waals surface area contributed by atoms with Gasteiger partial charge in [0.15, 0.2) is 0 Å². The van der Waals surface area contributed by atoms with E-state index in [1.54, 1.807) is 13.0 Å². The molecule has 1 rings (SSSR count). The second kappa shape index (κ2) is 4.57. The van der Waals surface area contributed by atoms with E-state index in [2.05, 4.69) is 0 Å². The average molecular weight is 187 g/mol. The van der Waals surface area contributed by atoms with Crippen molar-refractivity contribution in [3.63, 3.8) is 0 Å². The van der Waals surface area contributed by atoms with Crippen molar-refractivity contribution in [2.24, 2.45) is 5.92 Å². The van der Waals surface area contributed by atoms with Crippen molar-refractivity contribution in [3.05, 3.63) is 35.4 Å². The molecule has 1 unspecified atom stereocenters. The lowest BCUT2D eigenvalue weighted by Gasteiger charge is -2.05. The lowest BCUT2D eigenvalue weighted by molar-refractivity contribution is -0.117. The molecule has 0 aromatic heterocycles. The van der Waals surface area contributed by atoms with Crippen LogP contribution in [0.3, 0.4) is 0 Å². The van der Waals surface area contributed by atoms with Crippen LogP contribution in [0.25, 0.3) is 0 Å². The molecule has 0 aliphatic carbocycles. The first-order valence-electron chi connectivity index (χ1n) is 4.63. The monoisotopic (exact) mass is 187 g/mol. The highest BCUT2D eigenvalue weighted by molar-refractivity contribution is 5.95. The summed E-state index contributed by atoms with van der Waals surface area (Å²) >= 11 is 0. The Morgan fingerprint density at radius 1 is 1.43 bits per heavy atom. The number of hydrogen-bond donors (Lipinski definition) is 0. The van der Waals surface area contributed by atoms with E-state index in [0.717, 1.165) is 5.56 Å². The van der Waals surface area contributed by atoms with Gasteiger partial charge in [-0.25, -0.2) is 0 Å². The Balaban J connectivity index is 2.66. The van der Waals surface area contributed by atoms with Gasteiger partial charge in [0.1, 0.15) is 6.07 Å². The molecule has 0 saturated carbocycles. The van der Waals surface area contributed by atoms with Crippen molar-refractivity contribution < 1.29 is 4.79 Å². The van der Waals surface area contributed by atoms with Gasteiger partial charge >= 0.3 is 0 Å². The quantitative estimate of drug-likeness (QED) is 0.681. The van der Waals surface area contributed by atoms with E-state index in [1.165, 1.54) is 5.56 Å². The number of hydrogen-bond acceptors (Lipinski definition) is 2. The molecule has 0 aliphatic heterocycles. The molecule has 0 fully saturated rings. The molecule has 0 saturated heterocycles. The lowest BCUT2D eigenvalue weighted by atomic mass is 9.97. The zero-order valence-electron chi connectivity index (χ0n) is 8.45. The lowest BCUT2D eigenvalue weighted by Crippen LogP contribution is -2.11. The van der Waals surface area contributed by atoms with Crippen LogP contribution in [-0.2, 0) is 11.2 Å². The summed E-state index contributed by atoms with van der Waals surface area (Å²) < 4.78 is 0. The third-order valence-electron chi connectivity index (χ3n) is 2.22. The first kappa shape index (κ1) is 10.5. The van der Waals surface area contributed by atoms with E-state index < -0.39 is 0 Å². The van der Waals surface area contributed by atoms with E-state index in [-0.39, 0.29) is 11.7 Å². The van der Waals surface area contributed by atoms with Crippen molar-refractivity contribution >= 4 is 5.78 Å². The molecule has 0 N–H and O–H groups in total. The number of nitriles is 1. The highest BCUT2D eigenvalue weighted by atomic mass is 16.1. The molecular formula is C12H13NO.